The topological polar surface area (TPSA) is 81.6 Å². The highest BCUT2D eigenvalue weighted by atomic mass is 32.2. The van der Waals surface area contributed by atoms with Gasteiger partial charge < -0.3 is 10.0 Å². The van der Waals surface area contributed by atoms with Crippen molar-refractivity contribution in [3.8, 4) is 6.07 Å². The Kier molecular flexibility index (Phi) is 8.21. The van der Waals surface area contributed by atoms with Gasteiger partial charge >= 0.3 is 0 Å². The first-order valence-electron chi connectivity index (χ1n) is 9.34. The van der Waals surface area contributed by atoms with E-state index in [4.69, 9.17) is 11.7 Å². The minimum atomic E-state index is 0.00959. The van der Waals surface area contributed by atoms with E-state index in [1.54, 1.807) is 17.0 Å². The molecule has 7 heteroatoms. The Labute approximate surface area is 176 Å². The maximum Gasteiger partial charge on any atom is 0.232 e. The van der Waals surface area contributed by atoms with Crippen LogP contribution in [-0.2, 0) is 12.2 Å². The zero-order valence-electron chi connectivity index (χ0n) is 16.9. The van der Waals surface area contributed by atoms with E-state index in [9.17, 15) is 10.1 Å². The molecule has 1 aromatic carbocycles. The zero-order chi connectivity index (χ0) is 21.4. The molecule has 6 nitrogen and oxygen atoms in total. The third-order valence-electron chi connectivity index (χ3n) is 4.43. The first-order chi connectivity index (χ1) is 14.0. The molecule has 0 saturated carbocycles. The number of ketones is 1. The number of nitriles is 1. The number of aliphatic hydroxyl groups is 1. The minimum Gasteiger partial charge on any atom is -0.396 e. The van der Waals surface area contributed by atoms with Crippen LogP contribution in [-0.4, -0.2) is 36.6 Å². The van der Waals surface area contributed by atoms with Gasteiger partial charge in [-0.3, -0.25) is 4.79 Å². The molecule has 0 bridgehead atoms. The first kappa shape index (κ1) is 22.4. The fourth-order valence-corrected chi connectivity index (χ4v) is 3.86. The molecule has 1 heterocycles. The fraction of sp³-hybridized carbons (Fsp3) is 0.364. The zero-order valence-corrected chi connectivity index (χ0v) is 17.7. The van der Waals surface area contributed by atoms with E-state index >= 15 is 0 Å². The summed E-state index contributed by atoms with van der Waals surface area (Å²) in [5.41, 5.74) is 3.27. The molecule has 1 N–H and O–H groups in total. The summed E-state index contributed by atoms with van der Waals surface area (Å²) in [7, 11) is 3.67. The van der Waals surface area contributed by atoms with Crippen LogP contribution in [0.2, 0.25) is 0 Å². The molecule has 1 aromatic heterocycles. The summed E-state index contributed by atoms with van der Waals surface area (Å²) in [6.07, 6.45) is 1.39. The molecule has 0 radical (unpaired) electrons. The van der Waals surface area contributed by atoms with Gasteiger partial charge in [0.1, 0.15) is 16.9 Å². The predicted molar refractivity (Wildman–Crippen MR) is 116 cm³/mol. The van der Waals surface area contributed by atoms with Crippen LogP contribution in [0.1, 0.15) is 46.8 Å². The van der Waals surface area contributed by atoms with E-state index in [-0.39, 0.29) is 12.4 Å². The first-order valence-corrected chi connectivity index (χ1v) is 10.3. The fourth-order valence-electron chi connectivity index (χ4n) is 2.90. The molecule has 0 atom stereocenters. The molecule has 150 valence electrons. The summed E-state index contributed by atoms with van der Waals surface area (Å²) >= 11 is 1.45. The van der Waals surface area contributed by atoms with Gasteiger partial charge in [0, 0.05) is 38.4 Å². The van der Waals surface area contributed by atoms with E-state index < -0.39 is 0 Å². The molecule has 0 unspecified atom stereocenters. The van der Waals surface area contributed by atoms with Crippen molar-refractivity contribution in [2.75, 3.05) is 25.6 Å². The quantitative estimate of drug-likeness (QED) is 0.377. The van der Waals surface area contributed by atoms with Gasteiger partial charge in [-0.15, -0.1) is 11.8 Å². The second-order valence-electron chi connectivity index (χ2n) is 6.65. The average molecular weight is 409 g/mol. The van der Waals surface area contributed by atoms with Gasteiger partial charge in [0.25, 0.3) is 0 Å². The number of rotatable bonds is 9. The normalized spacial score (nSPS) is 10.3. The number of nitrogens with zero attached hydrogens (tertiary/aromatic N) is 4. The van der Waals surface area contributed by atoms with Crippen molar-refractivity contribution in [1.29, 1.82) is 5.26 Å². The number of aliphatic hydroxyl groups excluding tert-OH is 1. The molecule has 2 aromatic rings. The highest BCUT2D eigenvalue weighted by Crippen LogP contribution is 2.38. The van der Waals surface area contributed by atoms with Gasteiger partial charge in [-0.2, -0.15) is 5.26 Å². The van der Waals surface area contributed by atoms with Gasteiger partial charge in [0.05, 0.1) is 12.1 Å². The van der Waals surface area contributed by atoms with Crippen molar-refractivity contribution < 1.29 is 9.90 Å². The van der Waals surface area contributed by atoms with Gasteiger partial charge in [0.2, 0.25) is 5.69 Å². The lowest BCUT2D eigenvalue weighted by molar-refractivity contribution is 0.0971. The summed E-state index contributed by atoms with van der Waals surface area (Å²) < 4.78 is 0. The molecule has 0 saturated heterocycles. The maximum absolute atomic E-state index is 12.0. The van der Waals surface area contributed by atoms with Crippen molar-refractivity contribution in [3.63, 3.8) is 0 Å². The van der Waals surface area contributed by atoms with Crippen molar-refractivity contribution in [2.24, 2.45) is 0 Å². The van der Waals surface area contributed by atoms with Crippen LogP contribution in [0.4, 0.5) is 11.5 Å². The van der Waals surface area contributed by atoms with Crippen LogP contribution in [0.15, 0.2) is 29.3 Å². The lowest BCUT2D eigenvalue weighted by Gasteiger charge is -2.18. The van der Waals surface area contributed by atoms with Crippen LogP contribution in [0.5, 0.6) is 0 Å². The number of hydrogen-bond donors (Lipinski definition) is 1. The SMILES string of the molecule is [C-]#[N+]c1c(N(C)C)nc(SCc2ccc(C(=O)CCCO)cc2)c(C#N)c1CC. The second kappa shape index (κ2) is 10.6. The summed E-state index contributed by atoms with van der Waals surface area (Å²) in [5.74, 6) is 1.19. The van der Waals surface area contributed by atoms with E-state index in [1.807, 2.05) is 33.2 Å². The number of carbonyl (C=O) groups excluding carboxylic acids is 1. The van der Waals surface area contributed by atoms with E-state index in [2.05, 4.69) is 15.9 Å². The third kappa shape index (κ3) is 5.35. The predicted octanol–water partition coefficient (Wildman–Crippen LogP) is 4.38. The van der Waals surface area contributed by atoms with Crippen LogP contribution in [0, 0.1) is 17.9 Å². The number of anilines is 1. The summed E-state index contributed by atoms with van der Waals surface area (Å²) in [4.78, 5) is 22.0. The van der Waals surface area contributed by atoms with Crippen molar-refractivity contribution in [3.05, 3.63) is 57.9 Å². The number of benzene rings is 1. The second-order valence-corrected chi connectivity index (χ2v) is 7.61. The molecule has 0 aliphatic rings. The van der Waals surface area contributed by atoms with Gasteiger partial charge in [-0.05, 0) is 24.0 Å². The number of hydrogen-bond acceptors (Lipinski definition) is 6. The number of carbonyl (C=O) groups is 1. The molecule has 0 amide bonds. The highest BCUT2D eigenvalue weighted by molar-refractivity contribution is 7.98. The number of aromatic nitrogens is 1. The Morgan fingerprint density at radius 2 is 2.03 bits per heavy atom. The molecule has 0 fully saturated rings. The Hall–Kier alpha value is -2.87. The highest BCUT2D eigenvalue weighted by Gasteiger charge is 2.20. The van der Waals surface area contributed by atoms with Crippen molar-refractivity contribution >= 4 is 29.1 Å². The van der Waals surface area contributed by atoms with Gasteiger partial charge in [0.15, 0.2) is 5.78 Å². The third-order valence-corrected chi connectivity index (χ3v) is 5.48. The molecule has 0 aliphatic carbocycles. The lowest BCUT2D eigenvalue weighted by Crippen LogP contribution is -2.13. The Morgan fingerprint density at radius 3 is 2.55 bits per heavy atom. The molecule has 29 heavy (non-hydrogen) atoms. The Balaban J connectivity index is 2.26. The molecule has 2 rings (SSSR count). The lowest BCUT2D eigenvalue weighted by atomic mass is 10.1. The smallest absolute Gasteiger partial charge is 0.232 e. The molecule has 0 spiro atoms. The summed E-state index contributed by atoms with van der Waals surface area (Å²) in [5, 5.41) is 19.1. The summed E-state index contributed by atoms with van der Waals surface area (Å²) in [6.45, 7) is 9.44. The van der Waals surface area contributed by atoms with E-state index in [1.165, 1.54) is 11.8 Å². The molecular formula is C22H24N4O2S. The van der Waals surface area contributed by atoms with Crippen LogP contribution < -0.4 is 4.90 Å². The number of Topliss-reactive ketones (excluding diaryl/α,β-unsaturated/α-hetero) is 1. The molecule has 0 aliphatic heterocycles. The van der Waals surface area contributed by atoms with Crippen LogP contribution in [0.25, 0.3) is 4.85 Å². The Bertz CT molecular complexity index is 957. The van der Waals surface area contributed by atoms with Crippen LogP contribution >= 0.6 is 11.8 Å². The van der Waals surface area contributed by atoms with Crippen molar-refractivity contribution in [2.45, 2.75) is 37.0 Å². The average Bonchev–Trinajstić information content (AvgIpc) is 2.74. The van der Waals surface area contributed by atoms with Crippen molar-refractivity contribution in [1.82, 2.24) is 4.98 Å². The summed E-state index contributed by atoms with van der Waals surface area (Å²) in [6, 6.07) is 9.60. The van der Waals surface area contributed by atoms with Gasteiger partial charge in [-0.25, -0.2) is 9.83 Å². The minimum absolute atomic E-state index is 0.00959. The van der Waals surface area contributed by atoms with E-state index in [0.29, 0.717) is 52.7 Å². The van der Waals surface area contributed by atoms with E-state index in [0.717, 1.165) is 11.1 Å². The monoisotopic (exact) mass is 408 g/mol. The number of pyridine rings is 1. The standard InChI is InChI=1S/C22H24N4O2S/c1-5-17-18(13-23)22(25-21(26(3)4)20(17)24-2)29-14-15-8-10-16(11-9-15)19(28)7-6-12-27/h8-11,27H,5-7,12,14H2,1,3-4H3. The molecular weight excluding hydrogens is 384 g/mol. The Morgan fingerprint density at radius 1 is 1.34 bits per heavy atom. The largest absolute Gasteiger partial charge is 0.396 e. The maximum atomic E-state index is 12.0. The van der Waals surface area contributed by atoms with Crippen LogP contribution in [0.3, 0.4) is 0 Å². The number of thioether (sulfide) groups is 1. The van der Waals surface area contributed by atoms with Gasteiger partial charge in [-0.1, -0.05) is 31.2 Å².